The SMILES string of the molecule is COS(=O)Nc1cc(C(=O)N(C)C)c(O)c2ccccc12. The predicted octanol–water partition coefficient (Wildman–Crippen LogP) is 1.88. The first-order valence-electron chi connectivity index (χ1n) is 6.15. The fourth-order valence-electron chi connectivity index (χ4n) is 1.98. The average Bonchev–Trinajstić information content (AvgIpc) is 2.49. The van der Waals surface area contributed by atoms with Gasteiger partial charge in [-0.3, -0.25) is 13.7 Å². The lowest BCUT2D eigenvalue weighted by molar-refractivity contribution is 0.0825. The van der Waals surface area contributed by atoms with Crippen LogP contribution in [0.25, 0.3) is 10.8 Å². The first-order chi connectivity index (χ1) is 9.95. The van der Waals surface area contributed by atoms with Gasteiger partial charge in [0.2, 0.25) is 0 Å². The van der Waals surface area contributed by atoms with Gasteiger partial charge in [0, 0.05) is 24.9 Å². The quantitative estimate of drug-likeness (QED) is 0.845. The summed E-state index contributed by atoms with van der Waals surface area (Å²) in [6.45, 7) is 0. The highest BCUT2D eigenvalue weighted by atomic mass is 32.2. The molecule has 2 N–H and O–H groups in total. The van der Waals surface area contributed by atoms with Crippen LogP contribution in [0.2, 0.25) is 0 Å². The van der Waals surface area contributed by atoms with Gasteiger partial charge in [-0.05, 0) is 6.07 Å². The Balaban J connectivity index is 2.69. The summed E-state index contributed by atoms with van der Waals surface area (Å²) in [6, 6.07) is 8.46. The Labute approximate surface area is 125 Å². The normalized spacial score (nSPS) is 12.1. The summed E-state index contributed by atoms with van der Waals surface area (Å²) in [4.78, 5) is 13.5. The van der Waals surface area contributed by atoms with Gasteiger partial charge in [-0.2, -0.15) is 0 Å². The minimum atomic E-state index is -1.73. The smallest absolute Gasteiger partial charge is 0.261 e. The summed E-state index contributed by atoms with van der Waals surface area (Å²) in [6.07, 6.45) is 0. The van der Waals surface area contributed by atoms with Crippen molar-refractivity contribution in [3.8, 4) is 5.75 Å². The second kappa shape index (κ2) is 6.11. The molecule has 0 heterocycles. The maximum absolute atomic E-state index is 12.1. The van der Waals surface area contributed by atoms with Gasteiger partial charge in [-0.1, -0.05) is 24.3 Å². The molecule has 6 nitrogen and oxygen atoms in total. The van der Waals surface area contributed by atoms with E-state index >= 15 is 0 Å². The van der Waals surface area contributed by atoms with Crippen molar-refractivity contribution in [3.05, 3.63) is 35.9 Å². The molecule has 0 saturated carbocycles. The molecule has 2 aromatic rings. The van der Waals surface area contributed by atoms with Crippen molar-refractivity contribution in [3.63, 3.8) is 0 Å². The molecule has 0 aromatic heterocycles. The summed E-state index contributed by atoms with van der Waals surface area (Å²) in [7, 11) is 4.49. The van der Waals surface area contributed by atoms with Crippen LogP contribution in [-0.2, 0) is 15.4 Å². The van der Waals surface area contributed by atoms with Crippen LogP contribution in [0, 0.1) is 0 Å². The Bertz CT molecular complexity index is 715. The zero-order valence-electron chi connectivity index (χ0n) is 11.9. The summed E-state index contributed by atoms with van der Waals surface area (Å²) in [5, 5.41) is 11.5. The number of phenolic OH excluding ortho intramolecular Hbond substituents is 1. The van der Waals surface area contributed by atoms with Crippen molar-refractivity contribution >= 4 is 33.6 Å². The van der Waals surface area contributed by atoms with Crippen LogP contribution in [0.5, 0.6) is 5.75 Å². The number of benzene rings is 2. The molecule has 0 aliphatic heterocycles. The van der Waals surface area contributed by atoms with Crippen molar-refractivity contribution in [1.82, 2.24) is 4.90 Å². The lowest BCUT2D eigenvalue weighted by Crippen LogP contribution is -2.22. The Morgan fingerprint density at radius 2 is 1.90 bits per heavy atom. The molecule has 0 fully saturated rings. The van der Waals surface area contributed by atoms with E-state index in [4.69, 9.17) is 0 Å². The third kappa shape index (κ3) is 2.98. The molecule has 7 heteroatoms. The van der Waals surface area contributed by atoms with E-state index in [0.29, 0.717) is 16.5 Å². The zero-order chi connectivity index (χ0) is 15.6. The molecular formula is C14H16N2O4S. The third-order valence-corrected chi connectivity index (χ3v) is 3.69. The number of phenols is 1. The molecule has 1 unspecified atom stereocenters. The molecule has 0 bridgehead atoms. The number of anilines is 1. The van der Waals surface area contributed by atoms with E-state index in [1.807, 2.05) is 0 Å². The first-order valence-corrected chi connectivity index (χ1v) is 7.22. The van der Waals surface area contributed by atoms with Crippen LogP contribution >= 0.6 is 0 Å². The van der Waals surface area contributed by atoms with E-state index in [0.717, 1.165) is 0 Å². The van der Waals surface area contributed by atoms with E-state index in [-0.39, 0.29) is 17.2 Å². The number of rotatable bonds is 4. The number of hydrogen-bond acceptors (Lipinski definition) is 4. The highest BCUT2D eigenvalue weighted by molar-refractivity contribution is 7.81. The molecule has 21 heavy (non-hydrogen) atoms. The monoisotopic (exact) mass is 308 g/mol. The highest BCUT2D eigenvalue weighted by Crippen LogP contribution is 2.35. The van der Waals surface area contributed by atoms with E-state index in [1.54, 1.807) is 38.4 Å². The molecule has 0 aliphatic rings. The lowest BCUT2D eigenvalue weighted by Gasteiger charge is -2.16. The minimum absolute atomic E-state index is 0.0990. The van der Waals surface area contributed by atoms with Crippen LogP contribution in [0.3, 0.4) is 0 Å². The van der Waals surface area contributed by atoms with Crippen LogP contribution in [0.4, 0.5) is 5.69 Å². The van der Waals surface area contributed by atoms with Gasteiger partial charge in [0.05, 0.1) is 18.4 Å². The van der Waals surface area contributed by atoms with E-state index in [2.05, 4.69) is 8.91 Å². The fraction of sp³-hybridized carbons (Fsp3) is 0.214. The predicted molar refractivity (Wildman–Crippen MR) is 82.4 cm³/mol. The van der Waals surface area contributed by atoms with E-state index in [9.17, 15) is 14.1 Å². The minimum Gasteiger partial charge on any atom is -0.506 e. The van der Waals surface area contributed by atoms with Crippen molar-refractivity contribution in [2.45, 2.75) is 0 Å². The van der Waals surface area contributed by atoms with Crippen molar-refractivity contribution in [2.24, 2.45) is 0 Å². The number of aromatic hydroxyl groups is 1. The van der Waals surface area contributed by atoms with Crippen LogP contribution in [-0.4, -0.2) is 41.3 Å². The molecule has 0 spiro atoms. The lowest BCUT2D eigenvalue weighted by atomic mass is 10.0. The molecule has 2 aromatic carbocycles. The van der Waals surface area contributed by atoms with Crippen molar-refractivity contribution < 1.29 is 18.3 Å². The summed E-state index contributed by atoms with van der Waals surface area (Å²) in [5.41, 5.74) is 0.586. The summed E-state index contributed by atoms with van der Waals surface area (Å²) < 4.78 is 18.9. The largest absolute Gasteiger partial charge is 0.506 e. The summed E-state index contributed by atoms with van der Waals surface area (Å²) in [5.74, 6) is -0.442. The molecule has 1 atom stereocenters. The fourth-order valence-corrected chi connectivity index (χ4v) is 2.41. The molecule has 112 valence electrons. The van der Waals surface area contributed by atoms with Gasteiger partial charge in [0.15, 0.2) is 0 Å². The Kier molecular flexibility index (Phi) is 4.44. The Morgan fingerprint density at radius 1 is 1.29 bits per heavy atom. The van der Waals surface area contributed by atoms with Gasteiger partial charge in [0.1, 0.15) is 5.75 Å². The number of carbonyl (C=O) groups excluding carboxylic acids is 1. The maximum Gasteiger partial charge on any atom is 0.261 e. The highest BCUT2D eigenvalue weighted by Gasteiger charge is 2.19. The number of carbonyl (C=O) groups is 1. The molecule has 1 amide bonds. The van der Waals surface area contributed by atoms with Gasteiger partial charge in [0.25, 0.3) is 17.2 Å². The molecule has 0 radical (unpaired) electrons. The van der Waals surface area contributed by atoms with Crippen LogP contribution in [0.15, 0.2) is 30.3 Å². The van der Waals surface area contributed by atoms with Crippen molar-refractivity contribution in [1.29, 1.82) is 0 Å². The number of amides is 1. The number of nitrogens with one attached hydrogen (secondary N) is 1. The van der Waals surface area contributed by atoms with E-state index in [1.165, 1.54) is 18.1 Å². The Hall–Kier alpha value is -2.12. The molecular weight excluding hydrogens is 292 g/mol. The van der Waals surface area contributed by atoms with Gasteiger partial charge >= 0.3 is 0 Å². The molecule has 0 aliphatic carbocycles. The van der Waals surface area contributed by atoms with Crippen LogP contribution in [0.1, 0.15) is 10.4 Å². The molecule has 0 saturated heterocycles. The summed E-state index contributed by atoms with van der Waals surface area (Å²) >= 11 is -1.73. The number of nitrogens with zero attached hydrogens (tertiary/aromatic N) is 1. The van der Waals surface area contributed by atoms with Crippen molar-refractivity contribution in [2.75, 3.05) is 25.9 Å². The number of hydrogen-bond donors (Lipinski definition) is 2. The van der Waals surface area contributed by atoms with Gasteiger partial charge < -0.3 is 10.0 Å². The standard InChI is InChI=1S/C14H16N2O4S/c1-16(2)14(18)11-8-12(15-21(19)20-3)9-6-4-5-7-10(9)13(11)17/h4-8,15,17H,1-3H3. The second-order valence-electron chi connectivity index (χ2n) is 4.57. The zero-order valence-corrected chi connectivity index (χ0v) is 12.7. The number of fused-ring (bicyclic) bond motifs is 1. The maximum atomic E-state index is 12.1. The average molecular weight is 308 g/mol. The van der Waals surface area contributed by atoms with Crippen LogP contribution < -0.4 is 4.72 Å². The third-order valence-electron chi connectivity index (χ3n) is 3.00. The Morgan fingerprint density at radius 3 is 2.48 bits per heavy atom. The van der Waals surface area contributed by atoms with E-state index < -0.39 is 11.3 Å². The molecule has 2 rings (SSSR count). The topological polar surface area (TPSA) is 78.9 Å². The second-order valence-corrected chi connectivity index (χ2v) is 5.58. The first kappa shape index (κ1) is 15.3. The van der Waals surface area contributed by atoms with Gasteiger partial charge in [-0.25, -0.2) is 4.21 Å². The van der Waals surface area contributed by atoms with Gasteiger partial charge in [-0.15, -0.1) is 0 Å².